The fourth-order valence-electron chi connectivity index (χ4n) is 4.25. The van der Waals surface area contributed by atoms with Gasteiger partial charge in [0, 0.05) is 31.4 Å². The van der Waals surface area contributed by atoms with Crippen LogP contribution in [0.2, 0.25) is 0 Å². The molecule has 2 heterocycles. The number of benzene rings is 1. The third kappa shape index (κ3) is 3.00. The van der Waals surface area contributed by atoms with Crippen molar-refractivity contribution in [1.82, 2.24) is 4.57 Å². The molecular formula is C20H25FN4O4. The van der Waals surface area contributed by atoms with Crippen LogP contribution in [0.15, 0.2) is 11.0 Å². The number of aromatic nitrogens is 1. The highest BCUT2D eigenvalue weighted by molar-refractivity contribution is 6.03. The molecule has 156 valence electrons. The van der Waals surface area contributed by atoms with E-state index in [0.717, 1.165) is 19.3 Å². The summed E-state index contributed by atoms with van der Waals surface area (Å²) < 4.78 is 22.8. The van der Waals surface area contributed by atoms with E-state index in [-0.39, 0.29) is 40.5 Å². The third-order valence-electron chi connectivity index (χ3n) is 6.04. The predicted molar refractivity (Wildman–Crippen MR) is 108 cm³/mol. The molecule has 2 atom stereocenters. The van der Waals surface area contributed by atoms with Crippen LogP contribution in [-0.4, -0.2) is 41.9 Å². The van der Waals surface area contributed by atoms with Gasteiger partial charge in [0.25, 0.3) is 0 Å². The number of nitrogens with zero attached hydrogens (tertiary/aromatic N) is 2. The number of fused-ring (bicyclic) bond motifs is 1. The van der Waals surface area contributed by atoms with Gasteiger partial charge >= 0.3 is 5.97 Å². The average molecular weight is 404 g/mol. The molecule has 0 radical (unpaired) electrons. The molecule has 29 heavy (non-hydrogen) atoms. The van der Waals surface area contributed by atoms with E-state index >= 15 is 4.39 Å². The van der Waals surface area contributed by atoms with E-state index in [2.05, 4.69) is 0 Å². The van der Waals surface area contributed by atoms with Crippen molar-refractivity contribution in [2.45, 2.75) is 38.3 Å². The molecule has 2 aliphatic rings. The summed E-state index contributed by atoms with van der Waals surface area (Å²) in [7, 11) is 1.42. The SMILES string of the molecule is COc1c(N2CCC(C(C)N)C2)c(F)c(N)c2c(=O)c(C(=O)O)cn(C3CC3)c12. The van der Waals surface area contributed by atoms with Crippen molar-refractivity contribution < 1.29 is 19.0 Å². The van der Waals surface area contributed by atoms with Gasteiger partial charge in [0.15, 0.2) is 11.6 Å². The number of carboxylic acid groups (broad SMARTS) is 1. The zero-order chi connectivity index (χ0) is 21.0. The molecule has 1 aliphatic heterocycles. The van der Waals surface area contributed by atoms with E-state index in [1.54, 1.807) is 4.57 Å². The highest BCUT2D eigenvalue weighted by Crippen LogP contribution is 2.46. The number of nitrogen functional groups attached to an aromatic ring is 1. The highest BCUT2D eigenvalue weighted by atomic mass is 19.1. The summed E-state index contributed by atoms with van der Waals surface area (Å²) in [6, 6.07) is -0.00664. The first-order valence-corrected chi connectivity index (χ1v) is 9.73. The van der Waals surface area contributed by atoms with E-state index in [1.165, 1.54) is 13.3 Å². The minimum Gasteiger partial charge on any atom is -0.492 e. The van der Waals surface area contributed by atoms with Gasteiger partial charge in [-0.3, -0.25) is 4.79 Å². The molecule has 1 aromatic heterocycles. The van der Waals surface area contributed by atoms with Gasteiger partial charge in [-0.2, -0.15) is 0 Å². The zero-order valence-electron chi connectivity index (χ0n) is 16.4. The normalized spacial score (nSPS) is 20.3. The Balaban J connectivity index is 2.04. The largest absolute Gasteiger partial charge is 0.492 e. The number of hydrogen-bond donors (Lipinski definition) is 3. The molecule has 2 unspecified atom stereocenters. The number of rotatable bonds is 5. The molecule has 1 aromatic carbocycles. The fourth-order valence-corrected chi connectivity index (χ4v) is 4.25. The number of ether oxygens (including phenoxy) is 1. The number of methoxy groups -OCH3 is 1. The summed E-state index contributed by atoms with van der Waals surface area (Å²) in [6.07, 6.45) is 3.81. The van der Waals surface area contributed by atoms with Crippen molar-refractivity contribution in [3.8, 4) is 5.75 Å². The Labute approximate surface area is 166 Å². The molecule has 0 bridgehead atoms. The van der Waals surface area contributed by atoms with Crippen LogP contribution in [0.1, 0.15) is 42.6 Å². The lowest BCUT2D eigenvalue weighted by atomic mass is 10.0. The van der Waals surface area contributed by atoms with Crippen LogP contribution in [0, 0.1) is 11.7 Å². The van der Waals surface area contributed by atoms with Gasteiger partial charge in [-0.05, 0) is 32.1 Å². The Kier molecular flexibility index (Phi) is 4.65. The molecule has 2 fully saturated rings. The Hall–Kier alpha value is -2.81. The number of carboxylic acids is 1. The smallest absolute Gasteiger partial charge is 0.341 e. The first kappa shape index (κ1) is 19.5. The quantitative estimate of drug-likeness (QED) is 0.651. The zero-order valence-corrected chi connectivity index (χ0v) is 16.4. The summed E-state index contributed by atoms with van der Waals surface area (Å²) in [6.45, 7) is 3.07. The summed E-state index contributed by atoms with van der Waals surface area (Å²) in [5.41, 5.74) is 11.1. The Morgan fingerprint density at radius 1 is 1.38 bits per heavy atom. The predicted octanol–water partition coefficient (Wildman–Crippen LogP) is 1.94. The van der Waals surface area contributed by atoms with Crippen LogP contribution in [0.4, 0.5) is 15.8 Å². The Morgan fingerprint density at radius 2 is 2.07 bits per heavy atom. The van der Waals surface area contributed by atoms with Gasteiger partial charge in [-0.1, -0.05) is 0 Å². The van der Waals surface area contributed by atoms with Crippen LogP contribution in [0.25, 0.3) is 10.9 Å². The van der Waals surface area contributed by atoms with E-state index in [4.69, 9.17) is 16.2 Å². The number of nitrogens with two attached hydrogens (primary N) is 2. The molecule has 1 saturated heterocycles. The third-order valence-corrected chi connectivity index (χ3v) is 6.04. The Bertz CT molecular complexity index is 1060. The molecule has 0 spiro atoms. The van der Waals surface area contributed by atoms with Crippen LogP contribution in [-0.2, 0) is 0 Å². The minimum absolute atomic E-state index is 0.0261. The molecule has 2 aromatic rings. The fraction of sp³-hybridized carbons (Fsp3) is 0.500. The van der Waals surface area contributed by atoms with E-state index in [9.17, 15) is 14.7 Å². The lowest BCUT2D eigenvalue weighted by Gasteiger charge is -2.26. The van der Waals surface area contributed by atoms with Crippen molar-refractivity contribution in [3.63, 3.8) is 0 Å². The van der Waals surface area contributed by atoms with Crippen LogP contribution >= 0.6 is 0 Å². The number of carbonyl (C=O) groups is 1. The molecule has 4 rings (SSSR count). The lowest BCUT2D eigenvalue weighted by Crippen LogP contribution is -2.30. The number of pyridine rings is 1. The number of hydrogen-bond acceptors (Lipinski definition) is 6. The van der Waals surface area contributed by atoms with Gasteiger partial charge in [0.05, 0.1) is 23.7 Å². The topological polar surface area (TPSA) is 124 Å². The van der Waals surface area contributed by atoms with Crippen molar-refractivity contribution >= 4 is 28.2 Å². The molecule has 8 nitrogen and oxygen atoms in total. The first-order valence-electron chi connectivity index (χ1n) is 9.73. The highest BCUT2D eigenvalue weighted by Gasteiger charge is 2.35. The number of halogens is 1. The van der Waals surface area contributed by atoms with Gasteiger partial charge in [-0.15, -0.1) is 0 Å². The number of aromatic carboxylic acids is 1. The van der Waals surface area contributed by atoms with E-state index < -0.39 is 22.8 Å². The second kappa shape index (κ2) is 6.91. The van der Waals surface area contributed by atoms with Crippen molar-refractivity contribution in [1.29, 1.82) is 0 Å². The summed E-state index contributed by atoms with van der Waals surface area (Å²) in [4.78, 5) is 26.3. The van der Waals surface area contributed by atoms with Crippen LogP contribution in [0.3, 0.4) is 0 Å². The molecule has 9 heteroatoms. The first-order chi connectivity index (χ1) is 13.8. The standard InChI is InChI=1S/C20H25FN4O4/c1-9(22)10-5-6-24(7-10)17-14(21)15(23)13-16(19(17)29-2)25(11-3-4-11)8-12(18(13)26)20(27)28/h8-11H,3-7,22-23H2,1-2H3,(H,27,28). The van der Waals surface area contributed by atoms with E-state index in [1.807, 2.05) is 11.8 Å². The maximum Gasteiger partial charge on any atom is 0.341 e. The van der Waals surface area contributed by atoms with Crippen molar-refractivity contribution in [2.75, 3.05) is 30.8 Å². The van der Waals surface area contributed by atoms with Gasteiger partial charge < -0.3 is 30.8 Å². The maximum absolute atomic E-state index is 15.4. The Morgan fingerprint density at radius 3 is 2.59 bits per heavy atom. The number of anilines is 2. The van der Waals surface area contributed by atoms with Gasteiger partial charge in [-0.25, -0.2) is 9.18 Å². The lowest BCUT2D eigenvalue weighted by molar-refractivity contribution is 0.0695. The summed E-state index contributed by atoms with van der Waals surface area (Å²) in [5.74, 6) is -1.72. The molecule has 0 amide bonds. The summed E-state index contributed by atoms with van der Waals surface area (Å²) in [5, 5.41) is 9.31. The van der Waals surface area contributed by atoms with E-state index in [0.29, 0.717) is 18.6 Å². The molecular weight excluding hydrogens is 379 g/mol. The van der Waals surface area contributed by atoms with Crippen molar-refractivity contribution in [3.05, 3.63) is 27.8 Å². The minimum atomic E-state index is -1.37. The average Bonchev–Trinajstić information content (AvgIpc) is 3.39. The molecule has 5 N–H and O–H groups in total. The van der Waals surface area contributed by atoms with Crippen LogP contribution < -0.4 is 26.5 Å². The molecule has 1 aliphatic carbocycles. The van der Waals surface area contributed by atoms with Crippen LogP contribution in [0.5, 0.6) is 5.75 Å². The monoisotopic (exact) mass is 404 g/mol. The maximum atomic E-state index is 15.4. The van der Waals surface area contributed by atoms with Gasteiger partial charge in [0.1, 0.15) is 11.3 Å². The second-order valence-corrected chi connectivity index (χ2v) is 8.00. The molecule has 1 saturated carbocycles. The van der Waals surface area contributed by atoms with Crippen molar-refractivity contribution in [2.24, 2.45) is 11.7 Å². The summed E-state index contributed by atoms with van der Waals surface area (Å²) >= 11 is 0. The second-order valence-electron chi connectivity index (χ2n) is 8.00. The van der Waals surface area contributed by atoms with Gasteiger partial charge in [0.2, 0.25) is 5.43 Å².